The third-order valence-corrected chi connectivity index (χ3v) is 4.12. The highest BCUT2D eigenvalue weighted by atomic mass is 32.2. The monoisotopic (exact) mass is 285 g/mol. The van der Waals surface area contributed by atoms with E-state index in [4.69, 9.17) is 5.84 Å². The maximum atomic E-state index is 5.45. The lowest BCUT2D eigenvalue weighted by Crippen LogP contribution is -2.10. The summed E-state index contributed by atoms with van der Waals surface area (Å²) in [6, 6.07) is 8.36. The quantitative estimate of drug-likeness (QED) is 0.438. The van der Waals surface area contributed by atoms with Crippen molar-refractivity contribution >= 4 is 23.2 Å². The van der Waals surface area contributed by atoms with Gasteiger partial charge in [0, 0.05) is 18.1 Å². The van der Waals surface area contributed by atoms with Crippen molar-refractivity contribution in [3.05, 3.63) is 54.0 Å². The molecule has 3 aromatic rings. The molecule has 0 aliphatic carbocycles. The van der Waals surface area contributed by atoms with Crippen molar-refractivity contribution in [1.29, 1.82) is 0 Å². The second kappa shape index (κ2) is 5.52. The summed E-state index contributed by atoms with van der Waals surface area (Å²) in [5, 5.41) is 0.869. The Morgan fingerprint density at radius 2 is 2.20 bits per heavy atom. The minimum Gasteiger partial charge on any atom is -0.307 e. The van der Waals surface area contributed by atoms with Crippen LogP contribution in [0, 0.1) is 6.92 Å². The molecule has 6 heteroatoms. The summed E-state index contributed by atoms with van der Waals surface area (Å²) in [4.78, 5) is 8.82. The van der Waals surface area contributed by atoms with Crippen LogP contribution >= 0.6 is 11.8 Å². The van der Waals surface area contributed by atoms with Gasteiger partial charge in [-0.15, -0.1) is 0 Å². The first-order chi connectivity index (χ1) is 9.78. The van der Waals surface area contributed by atoms with Gasteiger partial charge in [-0.3, -0.25) is 0 Å². The summed E-state index contributed by atoms with van der Waals surface area (Å²) in [5.74, 6) is 6.94. The fourth-order valence-electron chi connectivity index (χ4n) is 1.99. The largest absolute Gasteiger partial charge is 0.307 e. The highest BCUT2D eigenvalue weighted by molar-refractivity contribution is 7.98. The molecule has 102 valence electrons. The number of rotatable bonds is 4. The standard InChI is InChI=1S/C14H15N5S/c1-10-4-2-3-5-11(10)9-20-14-13-16-6-7-19(13)8-12(17-14)18-15/h2-8,18H,9,15H2,1H3. The molecule has 0 aliphatic heterocycles. The molecule has 0 aliphatic rings. The lowest BCUT2D eigenvalue weighted by Gasteiger charge is -2.08. The highest BCUT2D eigenvalue weighted by Crippen LogP contribution is 2.26. The van der Waals surface area contributed by atoms with E-state index in [1.165, 1.54) is 11.1 Å². The fraction of sp³-hybridized carbons (Fsp3) is 0.143. The van der Waals surface area contributed by atoms with Crippen LogP contribution in [0.15, 0.2) is 47.9 Å². The average molecular weight is 285 g/mol. The van der Waals surface area contributed by atoms with Crippen molar-refractivity contribution in [2.45, 2.75) is 17.7 Å². The maximum Gasteiger partial charge on any atom is 0.169 e. The molecule has 0 atom stereocenters. The number of aryl methyl sites for hydroxylation is 1. The second-order valence-electron chi connectivity index (χ2n) is 4.45. The normalized spacial score (nSPS) is 10.9. The minimum absolute atomic E-state index is 0.628. The molecule has 3 rings (SSSR count). The number of fused-ring (bicyclic) bond motifs is 1. The Hall–Kier alpha value is -2.05. The molecule has 1 aromatic carbocycles. The van der Waals surface area contributed by atoms with Gasteiger partial charge in [0.05, 0.1) is 6.20 Å². The summed E-state index contributed by atoms with van der Waals surface area (Å²) in [7, 11) is 0. The fourth-order valence-corrected chi connectivity index (χ4v) is 3.05. The zero-order chi connectivity index (χ0) is 13.9. The minimum atomic E-state index is 0.628. The third kappa shape index (κ3) is 2.48. The Balaban J connectivity index is 1.90. The van der Waals surface area contributed by atoms with Gasteiger partial charge < -0.3 is 9.83 Å². The Morgan fingerprint density at radius 1 is 1.35 bits per heavy atom. The van der Waals surface area contributed by atoms with Crippen molar-refractivity contribution in [1.82, 2.24) is 14.4 Å². The predicted molar refractivity (Wildman–Crippen MR) is 81.5 cm³/mol. The van der Waals surface area contributed by atoms with E-state index in [0.717, 1.165) is 16.4 Å². The van der Waals surface area contributed by atoms with Crippen LogP contribution in [0.3, 0.4) is 0 Å². The number of nitrogens with zero attached hydrogens (tertiary/aromatic N) is 3. The zero-order valence-corrected chi connectivity index (χ0v) is 11.9. The van der Waals surface area contributed by atoms with Gasteiger partial charge in [-0.05, 0) is 18.1 Å². The van der Waals surface area contributed by atoms with Gasteiger partial charge in [-0.25, -0.2) is 15.8 Å². The molecule has 0 saturated carbocycles. The van der Waals surface area contributed by atoms with Crippen molar-refractivity contribution in [2.24, 2.45) is 5.84 Å². The van der Waals surface area contributed by atoms with Gasteiger partial charge in [-0.1, -0.05) is 36.0 Å². The Bertz CT molecular complexity index is 737. The van der Waals surface area contributed by atoms with Crippen molar-refractivity contribution in [3.8, 4) is 0 Å². The van der Waals surface area contributed by atoms with E-state index in [1.807, 2.05) is 22.9 Å². The molecule has 0 bridgehead atoms. The SMILES string of the molecule is Cc1ccccc1CSc1nc(NN)cn2ccnc12. The number of nitrogens with one attached hydrogen (secondary N) is 1. The number of hydrogen-bond acceptors (Lipinski definition) is 5. The number of thioether (sulfide) groups is 1. The van der Waals surface area contributed by atoms with Crippen LogP contribution in [0.1, 0.15) is 11.1 Å². The van der Waals surface area contributed by atoms with E-state index in [1.54, 1.807) is 18.0 Å². The Morgan fingerprint density at radius 3 is 3.00 bits per heavy atom. The number of hydrazine groups is 1. The lowest BCUT2D eigenvalue weighted by molar-refractivity contribution is 1.02. The molecular weight excluding hydrogens is 270 g/mol. The number of benzene rings is 1. The molecule has 3 N–H and O–H groups in total. The van der Waals surface area contributed by atoms with Gasteiger partial charge in [0.2, 0.25) is 0 Å². The molecular formula is C14H15N5S. The van der Waals surface area contributed by atoms with Crippen LogP contribution in [0.5, 0.6) is 0 Å². The van der Waals surface area contributed by atoms with E-state index in [-0.39, 0.29) is 0 Å². The van der Waals surface area contributed by atoms with E-state index in [2.05, 4.69) is 40.5 Å². The number of nitrogens with two attached hydrogens (primary N) is 1. The van der Waals surface area contributed by atoms with Crippen LogP contribution in [-0.2, 0) is 5.75 Å². The highest BCUT2D eigenvalue weighted by Gasteiger charge is 2.08. The van der Waals surface area contributed by atoms with E-state index in [0.29, 0.717) is 5.82 Å². The van der Waals surface area contributed by atoms with Crippen LogP contribution in [-0.4, -0.2) is 14.4 Å². The van der Waals surface area contributed by atoms with Crippen molar-refractivity contribution < 1.29 is 0 Å². The first kappa shape index (κ1) is 13.0. The summed E-state index contributed by atoms with van der Waals surface area (Å²) < 4.78 is 1.92. The molecule has 20 heavy (non-hydrogen) atoms. The van der Waals surface area contributed by atoms with Crippen molar-refractivity contribution in [3.63, 3.8) is 0 Å². The number of hydrogen-bond donors (Lipinski definition) is 2. The molecule has 2 heterocycles. The Kier molecular flexibility index (Phi) is 3.58. The zero-order valence-electron chi connectivity index (χ0n) is 11.1. The number of imidazole rings is 1. The van der Waals surface area contributed by atoms with Gasteiger partial charge in [-0.2, -0.15) is 0 Å². The molecule has 2 aromatic heterocycles. The molecule has 0 saturated heterocycles. The van der Waals surface area contributed by atoms with Crippen molar-refractivity contribution in [2.75, 3.05) is 5.43 Å². The van der Waals surface area contributed by atoms with E-state index >= 15 is 0 Å². The van der Waals surface area contributed by atoms with Crippen LogP contribution in [0.2, 0.25) is 0 Å². The molecule has 0 spiro atoms. The van der Waals surface area contributed by atoms with Crippen LogP contribution < -0.4 is 11.3 Å². The predicted octanol–water partition coefficient (Wildman–Crippen LogP) is 2.62. The molecule has 0 unspecified atom stereocenters. The lowest BCUT2D eigenvalue weighted by atomic mass is 10.1. The maximum absolute atomic E-state index is 5.45. The van der Waals surface area contributed by atoms with E-state index < -0.39 is 0 Å². The smallest absolute Gasteiger partial charge is 0.169 e. The topological polar surface area (TPSA) is 68.2 Å². The molecule has 5 nitrogen and oxygen atoms in total. The van der Waals surface area contributed by atoms with E-state index in [9.17, 15) is 0 Å². The number of aromatic nitrogens is 3. The first-order valence-corrected chi connectivity index (χ1v) is 7.24. The summed E-state index contributed by atoms with van der Waals surface area (Å²) in [6.07, 6.45) is 5.46. The summed E-state index contributed by atoms with van der Waals surface area (Å²) in [5.41, 5.74) is 6.02. The van der Waals surface area contributed by atoms with Gasteiger partial charge in [0.1, 0.15) is 5.03 Å². The molecule has 0 amide bonds. The molecule has 0 radical (unpaired) electrons. The third-order valence-electron chi connectivity index (χ3n) is 3.12. The summed E-state index contributed by atoms with van der Waals surface area (Å²) in [6.45, 7) is 2.12. The number of nitrogen functional groups attached to an aromatic ring is 1. The molecule has 0 fully saturated rings. The Labute approximate surface area is 121 Å². The van der Waals surface area contributed by atoms with Gasteiger partial charge in [0.25, 0.3) is 0 Å². The van der Waals surface area contributed by atoms with Crippen LogP contribution in [0.4, 0.5) is 5.82 Å². The second-order valence-corrected chi connectivity index (χ2v) is 5.41. The van der Waals surface area contributed by atoms with Crippen LogP contribution in [0.25, 0.3) is 5.65 Å². The van der Waals surface area contributed by atoms with Gasteiger partial charge in [0.15, 0.2) is 11.5 Å². The number of anilines is 1. The summed E-state index contributed by atoms with van der Waals surface area (Å²) >= 11 is 1.66. The first-order valence-electron chi connectivity index (χ1n) is 6.25. The average Bonchev–Trinajstić information content (AvgIpc) is 2.94. The van der Waals surface area contributed by atoms with Gasteiger partial charge >= 0.3 is 0 Å².